The first-order valence-corrected chi connectivity index (χ1v) is 6.10. The van der Waals surface area contributed by atoms with Gasteiger partial charge in [-0.15, -0.1) is 0 Å². The van der Waals surface area contributed by atoms with Crippen LogP contribution in [0.2, 0.25) is 0 Å². The minimum Gasteiger partial charge on any atom is -0.383 e. The highest BCUT2D eigenvalue weighted by Gasteiger charge is 2.19. The minimum atomic E-state index is -0.425. The number of ether oxygens (including phenoxy) is 2. The molecule has 4 nitrogen and oxygen atoms in total. The SMILES string of the molecule is COCCN(CCOC)C(C#N)c1ccc(F)cc1. The Kier molecular flexibility index (Phi) is 7.04. The van der Waals surface area contributed by atoms with Crippen molar-refractivity contribution in [1.82, 2.24) is 4.90 Å². The van der Waals surface area contributed by atoms with Crippen molar-refractivity contribution in [2.75, 3.05) is 40.5 Å². The lowest BCUT2D eigenvalue weighted by atomic mass is 10.1. The number of benzene rings is 1. The zero-order valence-electron chi connectivity index (χ0n) is 11.3. The molecule has 1 aromatic rings. The molecule has 0 saturated heterocycles. The van der Waals surface area contributed by atoms with Crippen LogP contribution in [0.5, 0.6) is 0 Å². The second-order valence-corrected chi connectivity index (χ2v) is 4.10. The Labute approximate surface area is 113 Å². The normalized spacial score (nSPS) is 12.4. The Morgan fingerprint density at radius 2 is 1.68 bits per heavy atom. The van der Waals surface area contributed by atoms with Crippen LogP contribution in [0.1, 0.15) is 11.6 Å². The van der Waals surface area contributed by atoms with Gasteiger partial charge < -0.3 is 9.47 Å². The number of rotatable bonds is 8. The predicted octanol–water partition coefficient (Wildman–Crippen LogP) is 1.99. The first-order chi connectivity index (χ1) is 9.22. The third-order valence-electron chi connectivity index (χ3n) is 2.84. The smallest absolute Gasteiger partial charge is 0.124 e. The minimum absolute atomic E-state index is 0.305. The molecular formula is C14H19FN2O2. The van der Waals surface area contributed by atoms with Crippen LogP contribution in [0, 0.1) is 17.1 Å². The molecule has 0 heterocycles. The maximum atomic E-state index is 12.9. The maximum absolute atomic E-state index is 12.9. The van der Waals surface area contributed by atoms with E-state index in [4.69, 9.17) is 9.47 Å². The number of hydrogen-bond acceptors (Lipinski definition) is 4. The van der Waals surface area contributed by atoms with Gasteiger partial charge in [0.05, 0.1) is 19.3 Å². The number of nitrogens with zero attached hydrogens (tertiary/aromatic N) is 2. The number of nitriles is 1. The van der Waals surface area contributed by atoms with Crippen LogP contribution in [-0.4, -0.2) is 45.4 Å². The van der Waals surface area contributed by atoms with Crippen LogP contribution in [-0.2, 0) is 9.47 Å². The van der Waals surface area contributed by atoms with Gasteiger partial charge in [0.25, 0.3) is 0 Å². The predicted molar refractivity (Wildman–Crippen MR) is 70.1 cm³/mol. The van der Waals surface area contributed by atoms with Gasteiger partial charge in [-0.1, -0.05) is 12.1 Å². The third-order valence-corrected chi connectivity index (χ3v) is 2.84. The standard InChI is InChI=1S/C14H19FN2O2/c1-18-9-7-17(8-10-19-2)14(11-16)12-3-5-13(15)6-4-12/h3-6,14H,7-10H2,1-2H3. The monoisotopic (exact) mass is 266 g/mol. The van der Waals surface area contributed by atoms with Crippen molar-refractivity contribution in [3.05, 3.63) is 35.6 Å². The van der Waals surface area contributed by atoms with Crippen LogP contribution >= 0.6 is 0 Å². The van der Waals surface area contributed by atoms with Crippen LogP contribution < -0.4 is 0 Å². The van der Waals surface area contributed by atoms with E-state index in [0.29, 0.717) is 26.3 Å². The third kappa shape index (κ3) is 4.95. The molecule has 0 spiro atoms. The summed E-state index contributed by atoms with van der Waals surface area (Å²) in [5.41, 5.74) is 0.774. The summed E-state index contributed by atoms with van der Waals surface area (Å²) in [6, 6.07) is 7.82. The van der Waals surface area contributed by atoms with E-state index in [9.17, 15) is 9.65 Å². The van der Waals surface area contributed by atoms with Gasteiger partial charge in [-0.2, -0.15) is 5.26 Å². The van der Waals surface area contributed by atoms with Gasteiger partial charge in [0, 0.05) is 27.3 Å². The molecule has 0 bridgehead atoms. The van der Waals surface area contributed by atoms with Crippen LogP contribution in [0.25, 0.3) is 0 Å². The first kappa shape index (κ1) is 15.6. The summed E-state index contributed by atoms with van der Waals surface area (Å²) in [5.74, 6) is -0.305. The Bertz CT molecular complexity index is 395. The second-order valence-electron chi connectivity index (χ2n) is 4.10. The van der Waals surface area contributed by atoms with Crippen molar-refractivity contribution in [2.24, 2.45) is 0 Å². The molecule has 0 radical (unpaired) electrons. The van der Waals surface area contributed by atoms with Crippen molar-refractivity contribution >= 4 is 0 Å². The highest BCUT2D eigenvalue weighted by Crippen LogP contribution is 2.20. The summed E-state index contributed by atoms with van der Waals surface area (Å²) < 4.78 is 23.0. The second kappa shape index (κ2) is 8.59. The molecule has 1 rings (SSSR count). The van der Waals surface area contributed by atoms with E-state index >= 15 is 0 Å². The van der Waals surface area contributed by atoms with Crippen LogP contribution in [0.15, 0.2) is 24.3 Å². The van der Waals surface area contributed by atoms with E-state index in [1.165, 1.54) is 12.1 Å². The maximum Gasteiger partial charge on any atom is 0.124 e. The zero-order chi connectivity index (χ0) is 14.1. The lowest BCUT2D eigenvalue weighted by Gasteiger charge is -2.26. The Balaban J connectivity index is 2.82. The molecule has 1 aromatic carbocycles. The molecule has 0 aliphatic heterocycles. The van der Waals surface area contributed by atoms with E-state index in [0.717, 1.165) is 5.56 Å². The van der Waals surface area contributed by atoms with E-state index in [1.807, 2.05) is 4.90 Å². The molecule has 0 amide bonds. The molecule has 5 heteroatoms. The molecule has 0 aliphatic carbocycles. The largest absolute Gasteiger partial charge is 0.383 e. The molecule has 19 heavy (non-hydrogen) atoms. The van der Waals surface area contributed by atoms with Gasteiger partial charge in [-0.3, -0.25) is 4.90 Å². The highest BCUT2D eigenvalue weighted by atomic mass is 19.1. The van der Waals surface area contributed by atoms with Gasteiger partial charge in [0.15, 0.2) is 0 Å². The number of methoxy groups -OCH3 is 2. The zero-order valence-corrected chi connectivity index (χ0v) is 11.3. The number of halogens is 1. The van der Waals surface area contributed by atoms with E-state index < -0.39 is 6.04 Å². The summed E-state index contributed by atoms with van der Waals surface area (Å²) in [6.45, 7) is 2.30. The van der Waals surface area contributed by atoms with Crippen molar-refractivity contribution in [3.63, 3.8) is 0 Å². The van der Waals surface area contributed by atoms with Crippen molar-refractivity contribution in [1.29, 1.82) is 5.26 Å². The van der Waals surface area contributed by atoms with E-state index in [1.54, 1.807) is 26.4 Å². The van der Waals surface area contributed by atoms with Gasteiger partial charge in [-0.25, -0.2) is 4.39 Å². The summed E-state index contributed by atoms with van der Waals surface area (Å²) >= 11 is 0. The molecule has 1 unspecified atom stereocenters. The summed E-state index contributed by atoms with van der Waals surface area (Å²) in [6.07, 6.45) is 0. The highest BCUT2D eigenvalue weighted by molar-refractivity contribution is 5.24. The number of hydrogen-bond donors (Lipinski definition) is 0. The Hall–Kier alpha value is -1.48. The van der Waals surface area contributed by atoms with E-state index in [-0.39, 0.29) is 5.82 Å². The Morgan fingerprint density at radius 1 is 1.16 bits per heavy atom. The van der Waals surface area contributed by atoms with Crippen LogP contribution in [0.4, 0.5) is 4.39 Å². The topological polar surface area (TPSA) is 45.5 Å². The van der Waals surface area contributed by atoms with E-state index in [2.05, 4.69) is 6.07 Å². The summed E-state index contributed by atoms with van der Waals surface area (Å²) in [7, 11) is 3.24. The molecule has 0 saturated carbocycles. The van der Waals surface area contributed by atoms with Gasteiger partial charge in [-0.05, 0) is 17.7 Å². The molecule has 1 atom stereocenters. The summed E-state index contributed by atoms with van der Waals surface area (Å²) in [4.78, 5) is 1.96. The van der Waals surface area contributed by atoms with Gasteiger partial charge in [0.2, 0.25) is 0 Å². The van der Waals surface area contributed by atoms with Gasteiger partial charge >= 0.3 is 0 Å². The average molecular weight is 266 g/mol. The average Bonchev–Trinajstić information content (AvgIpc) is 2.43. The fourth-order valence-corrected chi connectivity index (χ4v) is 1.80. The fraction of sp³-hybridized carbons (Fsp3) is 0.500. The summed E-state index contributed by atoms with van der Waals surface area (Å²) in [5, 5.41) is 9.35. The molecule has 104 valence electrons. The van der Waals surface area contributed by atoms with Crippen molar-refractivity contribution in [3.8, 4) is 6.07 Å². The molecular weight excluding hydrogens is 247 g/mol. The lowest BCUT2D eigenvalue weighted by Crippen LogP contribution is -2.34. The van der Waals surface area contributed by atoms with Crippen LogP contribution in [0.3, 0.4) is 0 Å². The quantitative estimate of drug-likeness (QED) is 0.722. The molecule has 0 fully saturated rings. The molecule has 0 aliphatic rings. The molecule has 0 N–H and O–H groups in total. The lowest BCUT2D eigenvalue weighted by molar-refractivity contribution is 0.101. The van der Waals surface area contributed by atoms with Gasteiger partial charge in [0.1, 0.15) is 11.9 Å². The first-order valence-electron chi connectivity index (χ1n) is 6.10. The Morgan fingerprint density at radius 3 is 2.11 bits per heavy atom. The molecule has 0 aromatic heterocycles. The van der Waals surface area contributed by atoms with Crippen molar-refractivity contribution in [2.45, 2.75) is 6.04 Å². The van der Waals surface area contributed by atoms with Crippen molar-refractivity contribution < 1.29 is 13.9 Å². The fourth-order valence-electron chi connectivity index (χ4n) is 1.80.